The molecular formula is C14H19NO3. The van der Waals surface area contributed by atoms with Crippen molar-refractivity contribution in [3.63, 3.8) is 0 Å². The van der Waals surface area contributed by atoms with E-state index in [0.29, 0.717) is 13.1 Å². The highest BCUT2D eigenvalue weighted by molar-refractivity contribution is 5.68. The number of hydrogen-bond acceptors (Lipinski definition) is 3. The lowest BCUT2D eigenvalue weighted by molar-refractivity contribution is 0.0966. The molecule has 0 spiro atoms. The molecule has 1 saturated heterocycles. The summed E-state index contributed by atoms with van der Waals surface area (Å²) in [5, 5.41) is 9.74. The van der Waals surface area contributed by atoms with Gasteiger partial charge in [0.25, 0.3) is 0 Å². The molecule has 1 heterocycles. The molecule has 1 fully saturated rings. The molecule has 2 atom stereocenters. The van der Waals surface area contributed by atoms with Crippen LogP contribution in [-0.2, 0) is 11.3 Å². The fourth-order valence-corrected chi connectivity index (χ4v) is 2.22. The van der Waals surface area contributed by atoms with Gasteiger partial charge in [-0.3, -0.25) is 0 Å². The number of ether oxygens (including phenoxy) is 1. The number of benzene rings is 1. The van der Waals surface area contributed by atoms with Crippen LogP contribution in [0.2, 0.25) is 0 Å². The van der Waals surface area contributed by atoms with Gasteiger partial charge >= 0.3 is 6.09 Å². The molecule has 98 valence electrons. The Morgan fingerprint density at radius 3 is 2.72 bits per heavy atom. The molecule has 2 rings (SSSR count). The summed E-state index contributed by atoms with van der Waals surface area (Å²) >= 11 is 0. The van der Waals surface area contributed by atoms with E-state index in [0.717, 1.165) is 12.0 Å². The Labute approximate surface area is 107 Å². The van der Waals surface area contributed by atoms with Crippen LogP contribution in [0.15, 0.2) is 30.3 Å². The van der Waals surface area contributed by atoms with Crippen molar-refractivity contribution in [2.45, 2.75) is 26.1 Å². The second-order valence-corrected chi connectivity index (χ2v) is 4.68. The first kappa shape index (κ1) is 12.9. The number of aliphatic hydroxyl groups is 1. The predicted octanol–water partition coefficient (Wildman–Crippen LogP) is 2.03. The lowest BCUT2D eigenvalue weighted by atomic mass is 10.0. The van der Waals surface area contributed by atoms with Crippen LogP contribution in [-0.4, -0.2) is 35.3 Å². The fourth-order valence-electron chi connectivity index (χ4n) is 2.22. The van der Waals surface area contributed by atoms with Crippen LogP contribution in [0.4, 0.5) is 4.79 Å². The topological polar surface area (TPSA) is 49.8 Å². The van der Waals surface area contributed by atoms with Gasteiger partial charge < -0.3 is 14.7 Å². The Morgan fingerprint density at radius 2 is 2.11 bits per heavy atom. The summed E-state index contributed by atoms with van der Waals surface area (Å²) in [6.45, 7) is 3.27. The molecule has 1 amide bonds. The maximum atomic E-state index is 11.8. The van der Waals surface area contributed by atoms with E-state index in [1.54, 1.807) is 4.90 Å². The van der Waals surface area contributed by atoms with E-state index in [1.807, 2.05) is 37.3 Å². The maximum Gasteiger partial charge on any atom is 0.410 e. The average Bonchev–Trinajstić information content (AvgIpc) is 2.78. The summed E-state index contributed by atoms with van der Waals surface area (Å²) in [5.41, 5.74) is 0.970. The van der Waals surface area contributed by atoms with Gasteiger partial charge in [-0.15, -0.1) is 0 Å². The molecule has 0 unspecified atom stereocenters. The summed E-state index contributed by atoms with van der Waals surface area (Å²) in [6.07, 6.45) is 0.122. The third-order valence-electron chi connectivity index (χ3n) is 3.39. The van der Waals surface area contributed by atoms with Gasteiger partial charge in [0.15, 0.2) is 0 Å². The monoisotopic (exact) mass is 249 g/mol. The summed E-state index contributed by atoms with van der Waals surface area (Å²) in [4.78, 5) is 13.4. The van der Waals surface area contributed by atoms with Crippen molar-refractivity contribution in [2.75, 3.05) is 13.1 Å². The first-order valence-corrected chi connectivity index (χ1v) is 6.34. The number of carbonyl (C=O) groups is 1. The highest BCUT2D eigenvalue weighted by Crippen LogP contribution is 2.20. The van der Waals surface area contributed by atoms with E-state index in [9.17, 15) is 9.90 Å². The number of amides is 1. The van der Waals surface area contributed by atoms with Crippen molar-refractivity contribution in [1.82, 2.24) is 4.90 Å². The van der Waals surface area contributed by atoms with Crippen molar-refractivity contribution >= 4 is 6.09 Å². The zero-order valence-corrected chi connectivity index (χ0v) is 10.6. The van der Waals surface area contributed by atoms with Crippen molar-refractivity contribution in [3.05, 3.63) is 35.9 Å². The highest BCUT2D eigenvalue weighted by atomic mass is 16.6. The van der Waals surface area contributed by atoms with Crippen molar-refractivity contribution in [2.24, 2.45) is 5.92 Å². The number of β-amino-alcohol motifs (C(OH)–C–C–N with tert-alkyl or cyclic N) is 1. The van der Waals surface area contributed by atoms with Crippen LogP contribution < -0.4 is 0 Å². The molecule has 0 aliphatic carbocycles. The van der Waals surface area contributed by atoms with E-state index < -0.39 is 6.10 Å². The lowest BCUT2D eigenvalue weighted by Crippen LogP contribution is -2.30. The molecule has 4 nitrogen and oxygen atoms in total. The number of likely N-dealkylation sites (tertiary alicyclic amines) is 1. The second kappa shape index (κ2) is 5.87. The van der Waals surface area contributed by atoms with Crippen LogP contribution >= 0.6 is 0 Å². The molecule has 1 aromatic rings. The van der Waals surface area contributed by atoms with Gasteiger partial charge in [0.05, 0.1) is 12.6 Å². The zero-order chi connectivity index (χ0) is 13.0. The number of nitrogens with zero attached hydrogens (tertiary/aromatic N) is 1. The first-order valence-electron chi connectivity index (χ1n) is 6.34. The Hall–Kier alpha value is -1.55. The SMILES string of the molecule is CC[C@@H]1CN(C(=O)OCc2ccccc2)C[C@@H]1O. The van der Waals surface area contributed by atoms with Gasteiger partial charge in [-0.25, -0.2) is 4.79 Å². The largest absolute Gasteiger partial charge is 0.445 e. The molecule has 1 N–H and O–H groups in total. The number of rotatable bonds is 3. The molecule has 1 aliphatic heterocycles. The Bertz CT molecular complexity index is 393. The van der Waals surface area contributed by atoms with Crippen LogP contribution in [0.25, 0.3) is 0 Å². The smallest absolute Gasteiger partial charge is 0.410 e. The van der Waals surface area contributed by atoms with Gasteiger partial charge in [0, 0.05) is 12.5 Å². The lowest BCUT2D eigenvalue weighted by Gasteiger charge is -2.15. The Balaban J connectivity index is 1.82. The second-order valence-electron chi connectivity index (χ2n) is 4.68. The van der Waals surface area contributed by atoms with Gasteiger partial charge in [-0.2, -0.15) is 0 Å². The van der Waals surface area contributed by atoms with Crippen molar-refractivity contribution in [3.8, 4) is 0 Å². The number of carbonyl (C=O) groups excluding carboxylic acids is 1. The number of aliphatic hydroxyl groups excluding tert-OH is 1. The standard InChI is InChI=1S/C14H19NO3/c1-2-12-8-15(9-13(12)16)14(17)18-10-11-6-4-3-5-7-11/h3-7,12-13,16H,2,8-10H2,1H3/t12-,13+/m1/s1. The van der Waals surface area contributed by atoms with Crippen molar-refractivity contribution in [1.29, 1.82) is 0 Å². The van der Waals surface area contributed by atoms with Gasteiger partial charge in [0.2, 0.25) is 0 Å². The minimum absolute atomic E-state index is 0.175. The van der Waals surface area contributed by atoms with E-state index in [-0.39, 0.29) is 18.6 Å². The predicted molar refractivity (Wildman–Crippen MR) is 68.0 cm³/mol. The molecule has 18 heavy (non-hydrogen) atoms. The average molecular weight is 249 g/mol. The summed E-state index contributed by atoms with van der Waals surface area (Å²) in [6, 6.07) is 9.59. The van der Waals surface area contributed by atoms with Crippen LogP contribution in [0, 0.1) is 5.92 Å². The summed E-state index contributed by atoms with van der Waals surface area (Å²) in [5.74, 6) is 0.175. The van der Waals surface area contributed by atoms with E-state index >= 15 is 0 Å². The van der Waals surface area contributed by atoms with E-state index in [4.69, 9.17) is 4.74 Å². The van der Waals surface area contributed by atoms with E-state index in [2.05, 4.69) is 0 Å². The Morgan fingerprint density at radius 1 is 1.39 bits per heavy atom. The molecule has 4 heteroatoms. The van der Waals surface area contributed by atoms with Gasteiger partial charge in [0.1, 0.15) is 6.61 Å². The molecule has 0 saturated carbocycles. The van der Waals surface area contributed by atoms with Crippen LogP contribution in [0.5, 0.6) is 0 Å². The zero-order valence-electron chi connectivity index (χ0n) is 10.6. The highest BCUT2D eigenvalue weighted by Gasteiger charge is 2.33. The molecule has 1 aliphatic rings. The summed E-state index contributed by atoms with van der Waals surface area (Å²) in [7, 11) is 0. The molecule has 0 radical (unpaired) electrons. The molecular weight excluding hydrogens is 230 g/mol. The van der Waals surface area contributed by atoms with Gasteiger partial charge in [-0.05, 0) is 12.0 Å². The van der Waals surface area contributed by atoms with Crippen molar-refractivity contribution < 1.29 is 14.6 Å². The van der Waals surface area contributed by atoms with E-state index in [1.165, 1.54) is 0 Å². The third-order valence-corrected chi connectivity index (χ3v) is 3.39. The quantitative estimate of drug-likeness (QED) is 0.891. The Kier molecular flexibility index (Phi) is 4.20. The minimum Gasteiger partial charge on any atom is -0.445 e. The van der Waals surface area contributed by atoms with Crippen LogP contribution in [0.1, 0.15) is 18.9 Å². The molecule has 0 bridgehead atoms. The normalized spacial score (nSPS) is 23.1. The first-order chi connectivity index (χ1) is 8.70. The fraction of sp³-hybridized carbons (Fsp3) is 0.500. The summed E-state index contributed by atoms with van der Waals surface area (Å²) < 4.78 is 5.23. The molecule has 1 aromatic carbocycles. The third kappa shape index (κ3) is 3.01. The van der Waals surface area contributed by atoms with Gasteiger partial charge in [-0.1, -0.05) is 37.3 Å². The maximum absolute atomic E-state index is 11.8. The molecule has 0 aromatic heterocycles. The minimum atomic E-state index is -0.417. The number of hydrogen-bond donors (Lipinski definition) is 1. The van der Waals surface area contributed by atoms with Crippen LogP contribution in [0.3, 0.4) is 0 Å².